The van der Waals surface area contributed by atoms with Crippen LogP contribution in [0.25, 0.3) is 10.4 Å². The summed E-state index contributed by atoms with van der Waals surface area (Å²) in [6.07, 6.45) is 0. The first kappa shape index (κ1) is 11.1. The van der Waals surface area contributed by atoms with Gasteiger partial charge in [0.05, 0.1) is 9.88 Å². The van der Waals surface area contributed by atoms with E-state index in [1.54, 1.807) is 0 Å². The second-order valence-electron chi connectivity index (χ2n) is 3.01. The lowest BCUT2D eigenvalue weighted by atomic mass is 10.2. The van der Waals surface area contributed by atoms with Crippen molar-refractivity contribution >= 4 is 43.2 Å². The Morgan fingerprint density at radius 1 is 1.33 bits per heavy atom. The smallest absolute Gasteiger partial charge is 0.230 e. The van der Waals surface area contributed by atoms with Gasteiger partial charge in [0.2, 0.25) is 5.88 Å². The number of hydrogen-bond acceptors (Lipinski definition) is 3. The number of benzene rings is 1. The van der Waals surface area contributed by atoms with E-state index in [0.29, 0.717) is 0 Å². The van der Waals surface area contributed by atoms with Crippen molar-refractivity contribution in [1.29, 1.82) is 0 Å². The second kappa shape index (κ2) is 4.23. The monoisotopic (exact) mass is 347 g/mol. The second-order valence-corrected chi connectivity index (χ2v) is 5.98. The number of thiazole rings is 1. The highest BCUT2D eigenvalue weighted by atomic mass is 79.9. The summed E-state index contributed by atoms with van der Waals surface area (Å²) in [7, 11) is 0. The van der Waals surface area contributed by atoms with Crippen LogP contribution in [0, 0.1) is 6.92 Å². The molecule has 0 aliphatic carbocycles. The quantitative estimate of drug-likeness (QED) is 0.831. The molecule has 0 spiro atoms. The molecule has 0 saturated carbocycles. The molecule has 1 aromatic heterocycles. The predicted molar refractivity (Wildman–Crippen MR) is 69.4 cm³/mol. The summed E-state index contributed by atoms with van der Waals surface area (Å²) in [4.78, 5) is 4.79. The van der Waals surface area contributed by atoms with E-state index in [9.17, 15) is 5.11 Å². The average Bonchev–Trinajstić information content (AvgIpc) is 2.50. The summed E-state index contributed by atoms with van der Waals surface area (Å²) in [6, 6.07) is 5.84. The molecule has 1 aromatic carbocycles. The Balaban J connectivity index is 2.62. The van der Waals surface area contributed by atoms with Crippen LogP contribution in [-0.2, 0) is 0 Å². The van der Waals surface area contributed by atoms with Crippen LogP contribution < -0.4 is 0 Å². The molecule has 78 valence electrons. The van der Waals surface area contributed by atoms with E-state index in [4.69, 9.17) is 0 Å². The Bertz CT molecular complexity index is 510. The zero-order valence-electron chi connectivity index (χ0n) is 7.79. The number of aromatic nitrogens is 1. The van der Waals surface area contributed by atoms with E-state index in [2.05, 4.69) is 36.8 Å². The minimum atomic E-state index is 0.0938. The van der Waals surface area contributed by atoms with Gasteiger partial charge in [-0.25, -0.2) is 4.98 Å². The Kier molecular flexibility index (Phi) is 3.13. The lowest BCUT2D eigenvalue weighted by molar-refractivity contribution is 0.458. The molecule has 15 heavy (non-hydrogen) atoms. The summed E-state index contributed by atoms with van der Waals surface area (Å²) in [5, 5.41) is 10.5. The van der Waals surface area contributed by atoms with Crippen LogP contribution in [0.15, 0.2) is 27.1 Å². The van der Waals surface area contributed by atoms with Crippen molar-refractivity contribution in [1.82, 2.24) is 4.98 Å². The minimum absolute atomic E-state index is 0.0938. The maximum absolute atomic E-state index is 9.66. The third-order valence-electron chi connectivity index (χ3n) is 1.89. The lowest BCUT2D eigenvalue weighted by Gasteiger charge is -2.02. The minimum Gasteiger partial charge on any atom is -0.492 e. The number of halogens is 2. The van der Waals surface area contributed by atoms with E-state index in [0.717, 1.165) is 24.4 Å². The molecule has 0 fully saturated rings. The largest absolute Gasteiger partial charge is 0.492 e. The van der Waals surface area contributed by atoms with Crippen molar-refractivity contribution in [3.8, 4) is 16.3 Å². The number of nitrogens with zero attached hydrogens (tertiary/aromatic N) is 1. The van der Waals surface area contributed by atoms with Crippen molar-refractivity contribution < 1.29 is 5.11 Å². The van der Waals surface area contributed by atoms with Gasteiger partial charge >= 0.3 is 0 Å². The Morgan fingerprint density at radius 3 is 2.67 bits per heavy atom. The van der Waals surface area contributed by atoms with Gasteiger partial charge in [-0.3, -0.25) is 0 Å². The molecule has 1 N–H and O–H groups in total. The molecule has 0 aliphatic heterocycles. The molecule has 2 aromatic rings. The van der Waals surface area contributed by atoms with E-state index in [1.807, 2.05) is 25.1 Å². The van der Waals surface area contributed by atoms with Crippen molar-refractivity contribution in [3.05, 3.63) is 32.2 Å². The molecule has 0 unspecified atom stereocenters. The van der Waals surface area contributed by atoms with Crippen molar-refractivity contribution in [3.63, 3.8) is 0 Å². The maximum Gasteiger partial charge on any atom is 0.230 e. The molecule has 0 aliphatic rings. The summed E-state index contributed by atoms with van der Waals surface area (Å²) in [5.74, 6) is 0.0938. The fourth-order valence-electron chi connectivity index (χ4n) is 1.26. The molecule has 0 saturated heterocycles. The van der Waals surface area contributed by atoms with Gasteiger partial charge in [-0.05, 0) is 25.1 Å². The third-order valence-corrected chi connectivity index (χ3v) is 4.07. The SMILES string of the molecule is Cc1nc(O)c(-c2cc(Br)ccc2Br)s1. The van der Waals surface area contributed by atoms with Gasteiger partial charge in [0.25, 0.3) is 0 Å². The zero-order chi connectivity index (χ0) is 11.0. The topological polar surface area (TPSA) is 33.1 Å². The first-order valence-corrected chi connectivity index (χ1v) is 6.60. The summed E-state index contributed by atoms with van der Waals surface area (Å²) < 4.78 is 1.93. The first-order chi connectivity index (χ1) is 7.08. The molecular formula is C10H7Br2NOS. The molecule has 0 amide bonds. The predicted octanol–water partition coefficient (Wildman–Crippen LogP) is 4.35. The summed E-state index contributed by atoms with van der Waals surface area (Å²) in [6.45, 7) is 1.87. The zero-order valence-corrected chi connectivity index (χ0v) is 11.8. The van der Waals surface area contributed by atoms with Crippen LogP contribution in [-0.4, -0.2) is 10.1 Å². The maximum atomic E-state index is 9.66. The standard InChI is InChI=1S/C10H7Br2NOS/c1-5-13-10(14)9(15-5)7-4-6(11)2-3-8(7)12/h2-4,14H,1H3. The normalized spacial score (nSPS) is 10.6. The number of hydrogen-bond donors (Lipinski definition) is 1. The third kappa shape index (κ3) is 2.24. The van der Waals surface area contributed by atoms with Crippen LogP contribution in [0.5, 0.6) is 5.88 Å². The molecule has 0 atom stereocenters. The Labute approximate surface area is 108 Å². The molecule has 0 bridgehead atoms. The fourth-order valence-corrected chi connectivity index (χ4v) is 3.04. The van der Waals surface area contributed by atoms with Gasteiger partial charge < -0.3 is 5.11 Å². The molecule has 0 radical (unpaired) electrons. The van der Waals surface area contributed by atoms with E-state index >= 15 is 0 Å². The lowest BCUT2D eigenvalue weighted by Crippen LogP contribution is -1.77. The van der Waals surface area contributed by atoms with Gasteiger partial charge in [0.1, 0.15) is 0 Å². The van der Waals surface area contributed by atoms with Gasteiger partial charge in [-0.2, -0.15) is 0 Å². The van der Waals surface area contributed by atoms with Crippen LogP contribution in [0.3, 0.4) is 0 Å². The van der Waals surface area contributed by atoms with Crippen molar-refractivity contribution in [2.75, 3.05) is 0 Å². The van der Waals surface area contributed by atoms with Gasteiger partial charge in [0, 0.05) is 14.5 Å². The van der Waals surface area contributed by atoms with Crippen LogP contribution in [0.2, 0.25) is 0 Å². The molecular weight excluding hydrogens is 342 g/mol. The van der Waals surface area contributed by atoms with E-state index < -0.39 is 0 Å². The highest BCUT2D eigenvalue weighted by molar-refractivity contribution is 9.11. The number of rotatable bonds is 1. The highest BCUT2D eigenvalue weighted by Crippen LogP contribution is 2.39. The number of aryl methyl sites for hydroxylation is 1. The van der Waals surface area contributed by atoms with Crippen LogP contribution in [0.1, 0.15) is 5.01 Å². The first-order valence-electron chi connectivity index (χ1n) is 4.20. The van der Waals surface area contributed by atoms with Crippen LogP contribution in [0.4, 0.5) is 0 Å². The van der Waals surface area contributed by atoms with Gasteiger partial charge in [-0.15, -0.1) is 11.3 Å². The highest BCUT2D eigenvalue weighted by Gasteiger charge is 2.13. The Morgan fingerprint density at radius 2 is 2.07 bits per heavy atom. The number of aromatic hydroxyl groups is 1. The molecule has 1 heterocycles. The van der Waals surface area contributed by atoms with Crippen molar-refractivity contribution in [2.24, 2.45) is 0 Å². The fraction of sp³-hybridized carbons (Fsp3) is 0.100. The molecule has 2 rings (SSSR count). The summed E-state index contributed by atoms with van der Waals surface area (Å²) >= 11 is 8.34. The summed E-state index contributed by atoms with van der Waals surface area (Å²) in [5.41, 5.74) is 0.951. The molecule has 5 heteroatoms. The van der Waals surface area contributed by atoms with E-state index in [1.165, 1.54) is 11.3 Å². The van der Waals surface area contributed by atoms with Crippen molar-refractivity contribution in [2.45, 2.75) is 6.92 Å². The van der Waals surface area contributed by atoms with E-state index in [-0.39, 0.29) is 5.88 Å². The average molecular weight is 349 g/mol. The Hall–Kier alpha value is -0.390. The molecule has 2 nitrogen and oxygen atoms in total. The van der Waals surface area contributed by atoms with Crippen LogP contribution >= 0.6 is 43.2 Å². The van der Waals surface area contributed by atoms with Gasteiger partial charge in [0.15, 0.2) is 0 Å². The van der Waals surface area contributed by atoms with Gasteiger partial charge in [-0.1, -0.05) is 31.9 Å².